The van der Waals surface area contributed by atoms with Crippen LogP contribution < -0.4 is 5.32 Å². The van der Waals surface area contributed by atoms with Crippen LogP contribution in [0.3, 0.4) is 0 Å². The molecule has 1 rings (SSSR count). The fourth-order valence-electron chi connectivity index (χ4n) is 1.76. The summed E-state index contributed by atoms with van der Waals surface area (Å²) in [6.45, 7) is 4.85. The van der Waals surface area contributed by atoms with Gasteiger partial charge in [-0.05, 0) is 24.3 Å². The van der Waals surface area contributed by atoms with Crippen molar-refractivity contribution >= 4 is 11.5 Å². The quantitative estimate of drug-likeness (QED) is 0.583. The number of pyridine rings is 1. The van der Waals surface area contributed by atoms with Crippen molar-refractivity contribution in [2.75, 3.05) is 18.5 Å². The van der Waals surface area contributed by atoms with Gasteiger partial charge in [-0.2, -0.15) is 5.26 Å². The van der Waals surface area contributed by atoms with E-state index in [0.717, 1.165) is 6.42 Å². The number of aromatic nitrogens is 1. The number of nitriles is 1. The molecule has 0 bridgehead atoms. The summed E-state index contributed by atoms with van der Waals surface area (Å²) in [5.74, 6) is 0.434. The molecule has 7 heteroatoms. The van der Waals surface area contributed by atoms with Crippen molar-refractivity contribution in [2.24, 2.45) is 5.41 Å². The summed E-state index contributed by atoms with van der Waals surface area (Å²) in [6.07, 6.45) is 1.56. The van der Waals surface area contributed by atoms with Gasteiger partial charge in [0.15, 0.2) is 0 Å². The third-order valence-electron chi connectivity index (χ3n) is 2.94. The lowest BCUT2D eigenvalue weighted by Gasteiger charge is -2.24. The van der Waals surface area contributed by atoms with Gasteiger partial charge in [0, 0.05) is 19.2 Å². The van der Waals surface area contributed by atoms with Crippen LogP contribution in [-0.2, 0) is 0 Å². The molecule has 0 fully saturated rings. The highest BCUT2D eigenvalue weighted by molar-refractivity contribution is 5.50. The van der Waals surface area contributed by atoms with Gasteiger partial charge >= 0.3 is 5.69 Å². The molecule has 0 unspecified atom stereocenters. The first-order valence-electron chi connectivity index (χ1n) is 6.30. The van der Waals surface area contributed by atoms with Gasteiger partial charge < -0.3 is 10.4 Å². The molecular weight excluding hydrogens is 260 g/mol. The highest BCUT2D eigenvalue weighted by Gasteiger charge is 2.19. The zero-order valence-electron chi connectivity index (χ0n) is 11.6. The topological polar surface area (TPSA) is 112 Å². The van der Waals surface area contributed by atoms with E-state index < -0.39 is 4.92 Å². The molecule has 0 radical (unpaired) electrons. The highest BCUT2D eigenvalue weighted by atomic mass is 16.6. The second-order valence-electron chi connectivity index (χ2n) is 5.28. The van der Waals surface area contributed by atoms with Gasteiger partial charge in [-0.1, -0.05) is 13.8 Å². The maximum absolute atomic E-state index is 10.7. The Hall–Kier alpha value is -2.20. The van der Waals surface area contributed by atoms with Crippen molar-refractivity contribution in [2.45, 2.75) is 26.7 Å². The van der Waals surface area contributed by atoms with E-state index in [-0.39, 0.29) is 23.4 Å². The number of hydrogen-bond donors (Lipinski definition) is 2. The van der Waals surface area contributed by atoms with Crippen LogP contribution in [0.15, 0.2) is 12.1 Å². The number of nitro groups is 1. The number of nitrogens with one attached hydrogen (secondary N) is 1. The lowest BCUT2D eigenvalue weighted by molar-refractivity contribution is -0.385. The maximum atomic E-state index is 10.7. The van der Waals surface area contributed by atoms with E-state index >= 15 is 0 Å². The minimum atomic E-state index is -0.624. The Kier molecular flexibility index (Phi) is 5.41. The van der Waals surface area contributed by atoms with Gasteiger partial charge in [-0.15, -0.1) is 0 Å². The molecule has 2 N–H and O–H groups in total. The minimum Gasteiger partial charge on any atom is -0.396 e. The first kappa shape index (κ1) is 15.9. The smallest absolute Gasteiger partial charge is 0.305 e. The van der Waals surface area contributed by atoms with Gasteiger partial charge in [-0.3, -0.25) is 10.1 Å². The second kappa shape index (κ2) is 6.82. The van der Waals surface area contributed by atoms with Crippen molar-refractivity contribution in [3.63, 3.8) is 0 Å². The SMILES string of the molecule is CC(C)(CCCO)CNc1ccc([N+](=O)[O-])c(C#N)n1. The molecule has 0 amide bonds. The third kappa shape index (κ3) is 4.48. The van der Waals surface area contributed by atoms with E-state index in [1.54, 1.807) is 6.07 Å². The number of anilines is 1. The fourth-order valence-corrected chi connectivity index (χ4v) is 1.76. The largest absolute Gasteiger partial charge is 0.396 e. The Balaban J connectivity index is 2.75. The molecule has 108 valence electrons. The van der Waals surface area contributed by atoms with Crippen LogP contribution in [0.2, 0.25) is 0 Å². The molecule has 0 atom stereocenters. The van der Waals surface area contributed by atoms with Crippen LogP contribution in [-0.4, -0.2) is 28.2 Å². The van der Waals surface area contributed by atoms with Crippen molar-refractivity contribution in [3.8, 4) is 6.07 Å². The molecule has 0 spiro atoms. The zero-order valence-corrected chi connectivity index (χ0v) is 11.6. The monoisotopic (exact) mass is 278 g/mol. The third-order valence-corrected chi connectivity index (χ3v) is 2.94. The normalized spacial score (nSPS) is 10.9. The molecule has 1 aromatic heterocycles. The molecule has 0 aliphatic rings. The zero-order chi connectivity index (χ0) is 15.2. The summed E-state index contributed by atoms with van der Waals surface area (Å²) in [5.41, 5.74) is -0.537. The lowest BCUT2D eigenvalue weighted by Crippen LogP contribution is -2.24. The Bertz CT molecular complexity index is 523. The molecular formula is C13H18N4O3. The lowest BCUT2D eigenvalue weighted by atomic mass is 9.88. The van der Waals surface area contributed by atoms with Crippen LogP contribution in [0, 0.1) is 26.9 Å². The Morgan fingerprint density at radius 2 is 2.25 bits per heavy atom. The summed E-state index contributed by atoms with van der Waals surface area (Å²) in [5, 5.41) is 31.5. The average molecular weight is 278 g/mol. The highest BCUT2D eigenvalue weighted by Crippen LogP contribution is 2.23. The van der Waals surface area contributed by atoms with E-state index in [1.807, 2.05) is 13.8 Å². The minimum absolute atomic E-state index is 0.0427. The average Bonchev–Trinajstić information content (AvgIpc) is 2.42. The van der Waals surface area contributed by atoms with E-state index in [9.17, 15) is 10.1 Å². The van der Waals surface area contributed by atoms with Crippen LogP contribution in [0.5, 0.6) is 0 Å². The van der Waals surface area contributed by atoms with Gasteiger partial charge in [0.05, 0.1) is 4.92 Å². The molecule has 1 aromatic rings. The van der Waals surface area contributed by atoms with Crippen molar-refractivity contribution < 1.29 is 10.0 Å². The van der Waals surface area contributed by atoms with E-state index in [2.05, 4.69) is 10.3 Å². The number of aliphatic hydroxyl groups is 1. The summed E-state index contributed by atoms with van der Waals surface area (Å²) in [4.78, 5) is 14.0. The van der Waals surface area contributed by atoms with Gasteiger partial charge in [-0.25, -0.2) is 4.98 Å². The summed E-state index contributed by atoms with van der Waals surface area (Å²) >= 11 is 0. The van der Waals surface area contributed by atoms with Crippen LogP contribution >= 0.6 is 0 Å². The fraction of sp³-hybridized carbons (Fsp3) is 0.538. The molecule has 0 saturated heterocycles. The number of nitrogens with zero attached hydrogens (tertiary/aromatic N) is 3. The van der Waals surface area contributed by atoms with E-state index in [1.165, 1.54) is 12.1 Å². The molecule has 0 aliphatic heterocycles. The Morgan fingerprint density at radius 3 is 2.80 bits per heavy atom. The summed E-state index contributed by atoms with van der Waals surface area (Å²) in [7, 11) is 0. The number of hydrogen-bond acceptors (Lipinski definition) is 6. The van der Waals surface area contributed by atoms with Crippen molar-refractivity contribution in [3.05, 3.63) is 27.9 Å². The summed E-state index contributed by atoms with van der Waals surface area (Å²) in [6, 6.07) is 4.48. The van der Waals surface area contributed by atoms with Crippen LogP contribution in [0.1, 0.15) is 32.4 Å². The molecule has 20 heavy (non-hydrogen) atoms. The van der Waals surface area contributed by atoms with E-state index in [4.69, 9.17) is 10.4 Å². The van der Waals surface area contributed by atoms with E-state index in [0.29, 0.717) is 18.8 Å². The van der Waals surface area contributed by atoms with Gasteiger partial charge in [0.1, 0.15) is 11.9 Å². The predicted octanol–water partition coefficient (Wildman–Crippen LogP) is 2.07. The van der Waals surface area contributed by atoms with Gasteiger partial charge in [0.2, 0.25) is 5.69 Å². The number of aliphatic hydroxyl groups excluding tert-OH is 1. The van der Waals surface area contributed by atoms with Gasteiger partial charge in [0.25, 0.3) is 0 Å². The first-order valence-corrected chi connectivity index (χ1v) is 6.30. The standard InChI is InChI=1S/C13H18N4O3/c1-13(2,6-3-7-18)9-15-12-5-4-11(17(19)20)10(8-14)16-12/h4-5,18H,3,6-7,9H2,1-2H3,(H,15,16). The molecule has 0 aliphatic carbocycles. The number of rotatable bonds is 7. The second-order valence-corrected chi connectivity index (χ2v) is 5.28. The Labute approximate surface area is 117 Å². The maximum Gasteiger partial charge on any atom is 0.305 e. The summed E-state index contributed by atoms with van der Waals surface area (Å²) < 4.78 is 0. The molecule has 1 heterocycles. The van der Waals surface area contributed by atoms with Crippen molar-refractivity contribution in [1.29, 1.82) is 5.26 Å². The first-order chi connectivity index (χ1) is 9.39. The Morgan fingerprint density at radius 1 is 1.55 bits per heavy atom. The predicted molar refractivity (Wildman–Crippen MR) is 74.2 cm³/mol. The molecule has 0 saturated carbocycles. The van der Waals surface area contributed by atoms with Crippen LogP contribution in [0.25, 0.3) is 0 Å². The molecule has 7 nitrogen and oxygen atoms in total. The van der Waals surface area contributed by atoms with Crippen molar-refractivity contribution in [1.82, 2.24) is 4.98 Å². The van der Waals surface area contributed by atoms with Crippen LogP contribution in [0.4, 0.5) is 11.5 Å². The molecule has 0 aromatic carbocycles.